The maximum absolute atomic E-state index is 12.4. The van der Waals surface area contributed by atoms with Gasteiger partial charge in [-0.1, -0.05) is 0 Å². The van der Waals surface area contributed by atoms with Gasteiger partial charge >= 0.3 is 12.0 Å². The summed E-state index contributed by atoms with van der Waals surface area (Å²) < 4.78 is 11.1. The highest BCUT2D eigenvalue weighted by molar-refractivity contribution is 5.76. The summed E-state index contributed by atoms with van der Waals surface area (Å²) in [6.07, 6.45) is 6.53. The van der Waals surface area contributed by atoms with E-state index < -0.39 is 0 Å². The van der Waals surface area contributed by atoms with E-state index in [1.807, 2.05) is 9.80 Å². The van der Waals surface area contributed by atoms with Crippen molar-refractivity contribution in [1.82, 2.24) is 9.80 Å². The monoisotopic (exact) mass is 324 g/mol. The molecule has 0 radical (unpaired) electrons. The maximum atomic E-state index is 12.4. The van der Waals surface area contributed by atoms with Gasteiger partial charge in [-0.05, 0) is 44.9 Å². The maximum Gasteiger partial charge on any atom is 0.319 e. The van der Waals surface area contributed by atoms with Crippen LogP contribution >= 0.6 is 0 Å². The van der Waals surface area contributed by atoms with Gasteiger partial charge in [0, 0.05) is 33.3 Å². The van der Waals surface area contributed by atoms with E-state index in [1.54, 1.807) is 7.11 Å². The number of rotatable bonds is 3. The fourth-order valence-electron chi connectivity index (χ4n) is 3.96. The summed E-state index contributed by atoms with van der Waals surface area (Å²) in [6, 6.07) is 0.143. The van der Waals surface area contributed by atoms with Gasteiger partial charge in [0.05, 0.1) is 12.0 Å². The second-order valence-corrected chi connectivity index (χ2v) is 6.92. The average Bonchev–Trinajstić information content (AvgIpc) is 3.25. The normalized spacial score (nSPS) is 29.1. The van der Waals surface area contributed by atoms with Crippen LogP contribution in [0.1, 0.15) is 44.9 Å². The molecule has 6 heteroatoms. The van der Waals surface area contributed by atoms with Crippen LogP contribution in [-0.2, 0) is 14.3 Å². The molecule has 2 heterocycles. The molecular formula is C17H28N2O4. The van der Waals surface area contributed by atoms with Gasteiger partial charge in [0.1, 0.15) is 6.10 Å². The Morgan fingerprint density at radius 3 is 2.09 bits per heavy atom. The minimum Gasteiger partial charge on any atom is -0.459 e. The summed E-state index contributed by atoms with van der Waals surface area (Å²) in [6.45, 7) is 3.07. The van der Waals surface area contributed by atoms with Crippen molar-refractivity contribution in [2.24, 2.45) is 5.92 Å². The van der Waals surface area contributed by atoms with Gasteiger partial charge < -0.3 is 19.3 Å². The van der Waals surface area contributed by atoms with Crippen LogP contribution in [0.15, 0.2) is 0 Å². The number of piperidine rings is 1. The molecule has 0 spiro atoms. The first-order valence-corrected chi connectivity index (χ1v) is 8.96. The lowest BCUT2D eigenvalue weighted by atomic mass is 9.97. The van der Waals surface area contributed by atoms with Crippen LogP contribution in [0.3, 0.4) is 0 Å². The molecule has 2 aliphatic heterocycles. The van der Waals surface area contributed by atoms with Crippen molar-refractivity contribution in [3.8, 4) is 0 Å². The molecule has 2 saturated heterocycles. The summed E-state index contributed by atoms with van der Waals surface area (Å²) in [5.74, 6) is -0.178. The molecule has 6 nitrogen and oxygen atoms in total. The molecule has 2 atom stereocenters. The van der Waals surface area contributed by atoms with Gasteiger partial charge in [0.2, 0.25) is 0 Å². The Morgan fingerprint density at radius 1 is 0.826 bits per heavy atom. The lowest BCUT2D eigenvalue weighted by Gasteiger charge is -2.34. The van der Waals surface area contributed by atoms with E-state index in [1.165, 1.54) is 0 Å². The Kier molecular flexibility index (Phi) is 5.41. The molecule has 0 aromatic carbocycles. The molecule has 23 heavy (non-hydrogen) atoms. The molecule has 0 unspecified atom stereocenters. The first-order valence-electron chi connectivity index (χ1n) is 8.96. The van der Waals surface area contributed by atoms with Gasteiger partial charge in [-0.15, -0.1) is 0 Å². The van der Waals surface area contributed by atoms with Crippen LogP contribution in [0.25, 0.3) is 0 Å². The summed E-state index contributed by atoms with van der Waals surface area (Å²) in [7, 11) is 1.68. The first-order chi connectivity index (χ1) is 11.2. The molecule has 2 amide bonds. The molecule has 3 fully saturated rings. The molecule has 0 bridgehead atoms. The van der Waals surface area contributed by atoms with Gasteiger partial charge in [-0.25, -0.2) is 4.79 Å². The molecule has 0 aromatic heterocycles. The predicted octanol–water partition coefficient (Wildman–Crippen LogP) is 2.02. The quantitative estimate of drug-likeness (QED) is 0.745. The van der Waals surface area contributed by atoms with Crippen LogP contribution in [0.2, 0.25) is 0 Å². The fourth-order valence-corrected chi connectivity index (χ4v) is 3.96. The molecule has 3 rings (SSSR count). The lowest BCUT2D eigenvalue weighted by Crippen LogP contribution is -2.47. The lowest BCUT2D eigenvalue weighted by molar-refractivity contribution is -0.160. The molecule has 0 N–H and O–H groups in total. The second-order valence-electron chi connectivity index (χ2n) is 6.92. The average molecular weight is 324 g/mol. The highest BCUT2D eigenvalue weighted by atomic mass is 16.6. The van der Waals surface area contributed by atoms with E-state index in [9.17, 15) is 9.59 Å². The minimum atomic E-state index is -0.104. The van der Waals surface area contributed by atoms with Crippen LogP contribution in [0, 0.1) is 5.92 Å². The van der Waals surface area contributed by atoms with E-state index in [4.69, 9.17) is 9.47 Å². The van der Waals surface area contributed by atoms with Crippen LogP contribution in [-0.4, -0.2) is 67.3 Å². The number of carbonyl (C=O) groups is 2. The minimum absolute atomic E-state index is 0.0517. The topological polar surface area (TPSA) is 59.1 Å². The number of amides is 2. The molecular weight excluding hydrogens is 296 g/mol. The Morgan fingerprint density at radius 2 is 1.43 bits per heavy atom. The van der Waals surface area contributed by atoms with Gasteiger partial charge in [-0.3, -0.25) is 4.79 Å². The predicted molar refractivity (Wildman–Crippen MR) is 85.0 cm³/mol. The third kappa shape index (κ3) is 3.79. The molecule has 0 aromatic rings. The van der Waals surface area contributed by atoms with Crippen molar-refractivity contribution in [3.63, 3.8) is 0 Å². The second kappa shape index (κ2) is 7.51. The number of hydrogen-bond acceptors (Lipinski definition) is 4. The molecule has 3 aliphatic rings. The SMILES string of the molecule is CO[C@@H]1CCC[C@H]1OC(=O)C1CCN(C(=O)N2CCCC2)CC1. The number of methoxy groups -OCH3 is 1. The fraction of sp³-hybridized carbons (Fsp3) is 0.882. The summed E-state index contributed by atoms with van der Waals surface area (Å²) >= 11 is 0. The van der Waals surface area contributed by atoms with E-state index >= 15 is 0 Å². The highest BCUT2D eigenvalue weighted by Gasteiger charge is 2.35. The smallest absolute Gasteiger partial charge is 0.319 e. The van der Waals surface area contributed by atoms with Crippen molar-refractivity contribution in [2.45, 2.75) is 57.2 Å². The van der Waals surface area contributed by atoms with Crippen molar-refractivity contribution in [3.05, 3.63) is 0 Å². The van der Waals surface area contributed by atoms with E-state index in [2.05, 4.69) is 0 Å². The van der Waals surface area contributed by atoms with E-state index in [-0.39, 0.29) is 30.1 Å². The molecule has 130 valence electrons. The van der Waals surface area contributed by atoms with E-state index in [0.717, 1.165) is 45.2 Å². The largest absolute Gasteiger partial charge is 0.459 e. The van der Waals surface area contributed by atoms with Crippen molar-refractivity contribution >= 4 is 12.0 Å². The zero-order valence-corrected chi connectivity index (χ0v) is 14.0. The van der Waals surface area contributed by atoms with Crippen LogP contribution < -0.4 is 0 Å². The number of urea groups is 1. The first kappa shape index (κ1) is 16.6. The molecule has 1 aliphatic carbocycles. The van der Waals surface area contributed by atoms with Crippen molar-refractivity contribution < 1.29 is 19.1 Å². The Bertz CT molecular complexity index is 428. The highest BCUT2D eigenvalue weighted by Crippen LogP contribution is 2.27. The number of ether oxygens (including phenoxy) is 2. The van der Waals surface area contributed by atoms with Gasteiger partial charge in [0.15, 0.2) is 0 Å². The number of carbonyl (C=O) groups excluding carboxylic acids is 2. The standard InChI is InChI=1S/C17H28N2O4/c1-22-14-5-4-6-15(14)23-16(20)13-7-11-19(12-8-13)17(21)18-9-2-3-10-18/h13-15H,2-12H2,1H3/t14-,15-/m1/s1. The number of hydrogen-bond donors (Lipinski definition) is 0. The zero-order valence-electron chi connectivity index (χ0n) is 14.0. The number of likely N-dealkylation sites (tertiary alicyclic amines) is 2. The van der Waals surface area contributed by atoms with Crippen LogP contribution in [0.5, 0.6) is 0 Å². The Balaban J connectivity index is 1.44. The van der Waals surface area contributed by atoms with Crippen LogP contribution in [0.4, 0.5) is 4.79 Å². The van der Waals surface area contributed by atoms with E-state index in [0.29, 0.717) is 25.9 Å². The van der Waals surface area contributed by atoms with Gasteiger partial charge in [0.25, 0.3) is 0 Å². The summed E-state index contributed by atoms with van der Waals surface area (Å²) in [5, 5.41) is 0. The Labute approximate surface area is 138 Å². The third-order valence-corrected chi connectivity index (χ3v) is 5.44. The van der Waals surface area contributed by atoms with Crippen molar-refractivity contribution in [1.29, 1.82) is 0 Å². The number of nitrogens with zero attached hydrogens (tertiary/aromatic N) is 2. The molecule has 1 saturated carbocycles. The zero-order chi connectivity index (χ0) is 16.2. The third-order valence-electron chi connectivity index (χ3n) is 5.44. The Hall–Kier alpha value is -1.30. The van der Waals surface area contributed by atoms with Crippen molar-refractivity contribution in [2.75, 3.05) is 33.3 Å². The summed E-state index contributed by atoms with van der Waals surface area (Å²) in [4.78, 5) is 28.5. The number of esters is 1. The summed E-state index contributed by atoms with van der Waals surface area (Å²) in [5.41, 5.74) is 0. The van der Waals surface area contributed by atoms with Gasteiger partial charge in [-0.2, -0.15) is 0 Å².